The van der Waals surface area contributed by atoms with Crippen molar-refractivity contribution < 1.29 is 9.90 Å². The first-order chi connectivity index (χ1) is 10.00. The van der Waals surface area contributed by atoms with E-state index in [2.05, 4.69) is 17.6 Å². The molecule has 0 saturated carbocycles. The van der Waals surface area contributed by atoms with Crippen LogP contribution in [0, 0.1) is 0 Å². The lowest BCUT2D eigenvalue weighted by Crippen LogP contribution is -2.42. The summed E-state index contributed by atoms with van der Waals surface area (Å²) >= 11 is 1.56. The fraction of sp³-hybridized carbons (Fsp3) is 0.562. The van der Waals surface area contributed by atoms with E-state index in [0.717, 1.165) is 25.1 Å². The van der Waals surface area contributed by atoms with Crippen molar-refractivity contribution in [2.45, 2.75) is 32.3 Å². The highest BCUT2D eigenvalue weighted by molar-refractivity contribution is 7.98. The van der Waals surface area contributed by atoms with E-state index >= 15 is 0 Å². The Morgan fingerprint density at radius 3 is 2.76 bits per heavy atom. The number of rotatable bonds is 9. The maximum absolute atomic E-state index is 12.3. The zero-order valence-electron chi connectivity index (χ0n) is 13.1. The van der Waals surface area contributed by atoms with Crippen LogP contribution in [-0.2, 0) is 0 Å². The average molecular weight is 310 g/mol. The molecule has 1 unspecified atom stereocenters. The number of carbonyl (C=O) groups excluding carboxylic acids is 1. The molecule has 3 N–H and O–H groups in total. The first-order valence-electron chi connectivity index (χ1n) is 7.32. The number of carbonyl (C=O) groups is 1. The van der Waals surface area contributed by atoms with E-state index in [1.54, 1.807) is 24.8 Å². The van der Waals surface area contributed by atoms with Gasteiger partial charge in [0, 0.05) is 24.5 Å². The fourth-order valence-electron chi connectivity index (χ4n) is 1.96. The molecule has 0 spiro atoms. The molecule has 0 heterocycles. The van der Waals surface area contributed by atoms with Gasteiger partial charge in [-0.3, -0.25) is 4.79 Å². The minimum atomic E-state index is -0.889. The third-order valence-corrected chi connectivity index (χ3v) is 4.01. The number of nitrogens with one attached hydrogen (secondary N) is 2. The molecular formula is C16H26N2O2S. The highest BCUT2D eigenvalue weighted by Gasteiger charge is 2.21. The molecule has 0 aliphatic carbocycles. The Labute approximate surface area is 131 Å². The summed E-state index contributed by atoms with van der Waals surface area (Å²) < 4.78 is 0. The van der Waals surface area contributed by atoms with E-state index in [1.807, 2.05) is 24.5 Å². The Bertz CT molecular complexity index is 450. The highest BCUT2D eigenvalue weighted by atomic mass is 32.2. The van der Waals surface area contributed by atoms with Crippen molar-refractivity contribution in [3.8, 4) is 0 Å². The van der Waals surface area contributed by atoms with Crippen LogP contribution in [0.2, 0.25) is 0 Å². The molecule has 118 valence electrons. The van der Waals surface area contributed by atoms with Crippen molar-refractivity contribution in [1.82, 2.24) is 5.32 Å². The van der Waals surface area contributed by atoms with Crippen LogP contribution in [0.5, 0.6) is 0 Å². The Morgan fingerprint density at radius 1 is 1.38 bits per heavy atom. The lowest BCUT2D eigenvalue weighted by molar-refractivity contribution is 0.0725. The third-order valence-electron chi connectivity index (χ3n) is 3.10. The molecule has 0 fully saturated rings. The second-order valence-electron chi connectivity index (χ2n) is 5.44. The molecule has 1 atom stereocenters. The van der Waals surface area contributed by atoms with Crippen molar-refractivity contribution in [3.63, 3.8) is 0 Å². The maximum Gasteiger partial charge on any atom is 0.253 e. The van der Waals surface area contributed by atoms with Gasteiger partial charge in [0.2, 0.25) is 0 Å². The van der Waals surface area contributed by atoms with Gasteiger partial charge in [0.25, 0.3) is 5.91 Å². The van der Waals surface area contributed by atoms with Crippen molar-refractivity contribution >= 4 is 23.4 Å². The molecule has 1 aromatic carbocycles. The molecule has 4 nitrogen and oxygen atoms in total. The molecule has 0 aliphatic heterocycles. The minimum Gasteiger partial charge on any atom is -0.387 e. The largest absolute Gasteiger partial charge is 0.387 e. The lowest BCUT2D eigenvalue weighted by atomic mass is 10.1. The number of hydrogen-bond donors (Lipinski definition) is 3. The Balaban J connectivity index is 2.65. The van der Waals surface area contributed by atoms with E-state index < -0.39 is 5.60 Å². The van der Waals surface area contributed by atoms with Crippen LogP contribution in [0.25, 0.3) is 0 Å². The van der Waals surface area contributed by atoms with E-state index in [9.17, 15) is 9.90 Å². The van der Waals surface area contributed by atoms with Gasteiger partial charge in [-0.15, -0.1) is 0 Å². The van der Waals surface area contributed by atoms with Crippen molar-refractivity contribution in [3.05, 3.63) is 29.8 Å². The molecule has 21 heavy (non-hydrogen) atoms. The number of amides is 1. The molecule has 0 radical (unpaired) electrons. The van der Waals surface area contributed by atoms with Crippen molar-refractivity contribution in [2.24, 2.45) is 0 Å². The molecule has 0 bridgehead atoms. The molecular weight excluding hydrogens is 284 g/mol. The van der Waals surface area contributed by atoms with Crippen LogP contribution in [0.3, 0.4) is 0 Å². The topological polar surface area (TPSA) is 61.4 Å². The summed E-state index contributed by atoms with van der Waals surface area (Å²) in [6, 6.07) is 7.46. The van der Waals surface area contributed by atoms with Gasteiger partial charge in [-0.25, -0.2) is 0 Å². The van der Waals surface area contributed by atoms with Crippen LogP contribution in [-0.4, -0.2) is 41.7 Å². The molecule has 1 rings (SSSR count). The Morgan fingerprint density at radius 2 is 2.10 bits per heavy atom. The predicted molar refractivity (Wildman–Crippen MR) is 91.2 cm³/mol. The number of unbranched alkanes of at least 4 members (excludes halogenated alkanes) is 1. The Hall–Kier alpha value is -1.20. The quantitative estimate of drug-likeness (QED) is 0.614. The summed E-state index contributed by atoms with van der Waals surface area (Å²) in [5.41, 5.74) is 0.571. The van der Waals surface area contributed by atoms with Crippen LogP contribution in [0.4, 0.5) is 5.69 Å². The molecule has 0 aromatic heterocycles. The van der Waals surface area contributed by atoms with Gasteiger partial charge in [0.15, 0.2) is 0 Å². The Kier molecular flexibility index (Phi) is 7.61. The number of thioether (sulfide) groups is 1. The predicted octanol–water partition coefficient (Wildman–Crippen LogP) is 2.74. The number of para-hydroxylation sites is 1. The van der Waals surface area contributed by atoms with Crippen molar-refractivity contribution in [1.29, 1.82) is 0 Å². The molecule has 0 aliphatic rings. The minimum absolute atomic E-state index is 0.157. The van der Waals surface area contributed by atoms with E-state index in [0.29, 0.717) is 11.3 Å². The molecule has 1 aromatic rings. The second-order valence-corrected chi connectivity index (χ2v) is 6.30. The van der Waals surface area contributed by atoms with Crippen LogP contribution in [0.15, 0.2) is 24.3 Å². The van der Waals surface area contributed by atoms with Crippen LogP contribution < -0.4 is 10.6 Å². The van der Waals surface area contributed by atoms with Gasteiger partial charge in [-0.05, 0) is 31.7 Å². The first kappa shape index (κ1) is 17.9. The normalized spacial score (nSPS) is 13.5. The second kappa shape index (κ2) is 8.95. The summed E-state index contributed by atoms with van der Waals surface area (Å²) in [5, 5.41) is 16.2. The van der Waals surface area contributed by atoms with Gasteiger partial charge >= 0.3 is 0 Å². The van der Waals surface area contributed by atoms with Gasteiger partial charge in [0.05, 0.1) is 11.2 Å². The van der Waals surface area contributed by atoms with Gasteiger partial charge in [-0.1, -0.05) is 25.5 Å². The standard InChI is InChI=1S/C16H26N2O2S/c1-4-5-10-17-14-9-7-6-8-13(14)15(19)18-11-16(2,20)12-21-3/h6-9,17,20H,4-5,10-12H2,1-3H3,(H,18,19). The molecule has 0 saturated heterocycles. The van der Waals surface area contributed by atoms with Crippen LogP contribution in [0.1, 0.15) is 37.0 Å². The van der Waals surface area contributed by atoms with E-state index in [-0.39, 0.29) is 12.5 Å². The monoisotopic (exact) mass is 310 g/mol. The number of hydrogen-bond acceptors (Lipinski definition) is 4. The lowest BCUT2D eigenvalue weighted by Gasteiger charge is -2.23. The maximum atomic E-state index is 12.3. The van der Waals surface area contributed by atoms with Crippen LogP contribution >= 0.6 is 11.8 Å². The summed E-state index contributed by atoms with van der Waals surface area (Å²) in [6.45, 7) is 4.96. The van der Waals surface area contributed by atoms with E-state index in [4.69, 9.17) is 0 Å². The zero-order valence-corrected chi connectivity index (χ0v) is 13.9. The number of benzene rings is 1. The third kappa shape index (κ3) is 6.40. The number of aliphatic hydroxyl groups is 1. The molecule has 5 heteroatoms. The summed E-state index contributed by atoms with van der Waals surface area (Å²) in [7, 11) is 0. The average Bonchev–Trinajstić information content (AvgIpc) is 2.46. The smallest absolute Gasteiger partial charge is 0.253 e. The summed E-state index contributed by atoms with van der Waals surface area (Å²) in [4.78, 5) is 12.3. The van der Waals surface area contributed by atoms with E-state index in [1.165, 1.54) is 0 Å². The number of anilines is 1. The SMILES string of the molecule is CCCCNc1ccccc1C(=O)NCC(C)(O)CSC. The fourth-order valence-corrected chi connectivity index (χ4v) is 2.69. The highest BCUT2D eigenvalue weighted by Crippen LogP contribution is 2.16. The summed E-state index contributed by atoms with van der Waals surface area (Å²) in [5.74, 6) is 0.430. The van der Waals surface area contributed by atoms with Crippen molar-refractivity contribution in [2.75, 3.05) is 30.4 Å². The van der Waals surface area contributed by atoms with Gasteiger partial charge in [0.1, 0.15) is 0 Å². The molecule has 1 amide bonds. The first-order valence-corrected chi connectivity index (χ1v) is 8.72. The zero-order chi connectivity index (χ0) is 15.7. The van der Waals surface area contributed by atoms with Gasteiger partial charge < -0.3 is 15.7 Å². The summed E-state index contributed by atoms with van der Waals surface area (Å²) in [6.07, 6.45) is 4.11. The van der Waals surface area contributed by atoms with Gasteiger partial charge in [-0.2, -0.15) is 11.8 Å².